The molecule has 0 spiro atoms. The van der Waals surface area contributed by atoms with Gasteiger partial charge >= 0.3 is 0 Å². The summed E-state index contributed by atoms with van der Waals surface area (Å²) < 4.78 is 18.2. The number of halogens is 2. The number of aliphatic imine (C=N–C) groups is 1. The second-order valence-corrected chi connectivity index (χ2v) is 7.03. The van der Waals surface area contributed by atoms with Crippen molar-refractivity contribution in [1.29, 1.82) is 0 Å². The lowest BCUT2D eigenvalue weighted by molar-refractivity contribution is 0.155. The van der Waals surface area contributed by atoms with E-state index in [1.165, 1.54) is 12.1 Å². The van der Waals surface area contributed by atoms with E-state index in [-0.39, 0.29) is 35.2 Å². The van der Waals surface area contributed by atoms with Gasteiger partial charge in [0.1, 0.15) is 5.82 Å². The summed E-state index contributed by atoms with van der Waals surface area (Å²) >= 11 is 0. The molecule has 1 fully saturated rings. The summed E-state index contributed by atoms with van der Waals surface area (Å²) in [5.41, 5.74) is 7.29. The molecule has 7 heteroatoms. The quantitative estimate of drug-likeness (QED) is 0.400. The minimum atomic E-state index is -0.204. The Kier molecular flexibility index (Phi) is 8.92. The highest BCUT2D eigenvalue weighted by atomic mass is 127. The lowest BCUT2D eigenvalue weighted by Gasteiger charge is -2.37. The molecule has 0 unspecified atom stereocenters. The maximum absolute atomic E-state index is 13.0. The topological polar surface area (TPSA) is 54.1 Å². The van der Waals surface area contributed by atoms with E-state index < -0.39 is 0 Å². The molecule has 2 rings (SSSR count). The Morgan fingerprint density at radius 2 is 1.80 bits per heavy atom. The van der Waals surface area contributed by atoms with Crippen LogP contribution in [-0.2, 0) is 4.74 Å². The third kappa shape index (κ3) is 6.97. The van der Waals surface area contributed by atoms with Gasteiger partial charge in [0.25, 0.3) is 0 Å². The first kappa shape index (κ1) is 22.0. The van der Waals surface area contributed by atoms with E-state index >= 15 is 0 Å². The molecule has 2 N–H and O–H groups in total. The molecule has 0 amide bonds. The first-order valence-corrected chi connectivity index (χ1v) is 8.46. The Morgan fingerprint density at radius 3 is 2.36 bits per heavy atom. The molecule has 1 heterocycles. The van der Waals surface area contributed by atoms with Crippen LogP contribution in [0.15, 0.2) is 29.3 Å². The molecule has 25 heavy (non-hydrogen) atoms. The van der Waals surface area contributed by atoms with Crippen molar-refractivity contribution in [1.82, 2.24) is 4.90 Å². The number of benzene rings is 1. The van der Waals surface area contributed by atoms with Crippen molar-refractivity contribution in [2.24, 2.45) is 16.1 Å². The molecule has 0 saturated carbocycles. The van der Waals surface area contributed by atoms with E-state index in [2.05, 4.69) is 28.6 Å². The van der Waals surface area contributed by atoms with Crippen LogP contribution in [0.5, 0.6) is 0 Å². The predicted molar refractivity (Wildman–Crippen MR) is 112 cm³/mol. The molecule has 1 saturated heterocycles. The van der Waals surface area contributed by atoms with Gasteiger partial charge in [-0.05, 0) is 36.1 Å². The third-order valence-electron chi connectivity index (χ3n) is 4.45. The molecule has 1 aromatic carbocycles. The summed E-state index contributed by atoms with van der Waals surface area (Å²) in [6, 6.07) is 6.64. The minimum absolute atomic E-state index is 0. The highest BCUT2D eigenvalue weighted by Crippen LogP contribution is 2.21. The van der Waals surface area contributed by atoms with Gasteiger partial charge in [-0.15, -0.1) is 24.0 Å². The smallest absolute Gasteiger partial charge is 0.191 e. The average molecular weight is 464 g/mol. The van der Waals surface area contributed by atoms with Crippen molar-refractivity contribution in [3.05, 3.63) is 30.1 Å². The van der Waals surface area contributed by atoms with E-state index in [4.69, 9.17) is 10.5 Å². The van der Waals surface area contributed by atoms with Gasteiger partial charge in [-0.1, -0.05) is 13.8 Å². The Bertz CT molecular complexity index is 543. The van der Waals surface area contributed by atoms with Crippen LogP contribution in [0.1, 0.15) is 20.3 Å². The van der Waals surface area contributed by atoms with Crippen LogP contribution in [-0.4, -0.2) is 57.3 Å². The van der Waals surface area contributed by atoms with Crippen molar-refractivity contribution in [3.63, 3.8) is 0 Å². The summed E-state index contributed by atoms with van der Waals surface area (Å²) in [5, 5.41) is 0. The Balaban J connectivity index is 0.00000312. The molecule has 0 radical (unpaired) electrons. The number of nitrogens with two attached hydrogens (primary N) is 1. The van der Waals surface area contributed by atoms with Gasteiger partial charge in [0.05, 0.1) is 0 Å². The van der Waals surface area contributed by atoms with E-state index in [0.717, 1.165) is 44.9 Å². The van der Waals surface area contributed by atoms with Crippen LogP contribution >= 0.6 is 24.0 Å². The number of hydrogen-bond donors (Lipinski definition) is 1. The molecule has 0 bridgehead atoms. The minimum Gasteiger partial charge on any atom is -0.385 e. The monoisotopic (exact) mass is 464 g/mol. The van der Waals surface area contributed by atoms with Gasteiger partial charge in [0.15, 0.2) is 5.96 Å². The molecule has 1 aromatic rings. The van der Waals surface area contributed by atoms with Crippen LogP contribution in [0.4, 0.5) is 10.1 Å². The van der Waals surface area contributed by atoms with E-state index in [1.807, 2.05) is 12.1 Å². The van der Waals surface area contributed by atoms with Crippen LogP contribution in [0, 0.1) is 11.2 Å². The zero-order valence-electron chi connectivity index (χ0n) is 15.4. The second kappa shape index (κ2) is 10.2. The fraction of sp³-hybridized carbons (Fsp3) is 0.611. The summed E-state index contributed by atoms with van der Waals surface area (Å²) in [6.07, 6.45) is 0.957. The number of guanidine groups is 1. The number of methoxy groups -OCH3 is 1. The van der Waals surface area contributed by atoms with Gasteiger partial charge < -0.3 is 20.3 Å². The number of hydrogen-bond acceptors (Lipinski definition) is 3. The number of piperazine rings is 1. The number of rotatable bonds is 6. The van der Waals surface area contributed by atoms with Gasteiger partial charge in [0.2, 0.25) is 0 Å². The van der Waals surface area contributed by atoms with Crippen LogP contribution in [0.25, 0.3) is 0 Å². The molecule has 0 atom stereocenters. The van der Waals surface area contributed by atoms with Crippen molar-refractivity contribution < 1.29 is 9.13 Å². The highest BCUT2D eigenvalue weighted by molar-refractivity contribution is 14.0. The van der Waals surface area contributed by atoms with Crippen molar-refractivity contribution in [2.75, 3.05) is 51.3 Å². The van der Waals surface area contributed by atoms with Crippen molar-refractivity contribution in [3.8, 4) is 0 Å². The molecule has 5 nitrogen and oxygen atoms in total. The molecule has 0 aliphatic carbocycles. The van der Waals surface area contributed by atoms with E-state index in [1.54, 1.807) is 7.11 Å². The van der Waals surface area contributed by atoms with Crippen LogP contribution < -0.4 is 10.6 Å². The first-order chi connectivity index (χ1) is 11.4. The van der Waals surface area contributed by atoms with E-state index in [9.17, 15) is 4.39 Å². The predicted octanol–water partition coefficient (Wildman–Crippen LogP) is 2.94. The summed E-state index contributed by atoms with van der Waals surface area (Å²) in [5.74, 6) is 0.407. The van der Waals surface area contributed by atoms with Crippen LogP contribution in [0.3, 0.4) is 0 Å². The number of ether oxygens (including phenoxy) is 1. The number of anilines is 1. The molecular formula is C18H30FIN4O. The lowest BCUT2D eigenvalue weighted by atomic mass is 9.90. The largest absolute Gasteiger partial charge is 0.385 e. The van der Waals surface area contributed by atoms with E-state index in [0.29, 0.717) is 12.5 Å². The average Bonchev–Trinajstić information content (AvgIpc) is 2.59. The maximum atomic E-state index is 13.0. The Morgan fingerprint density at radius 1 is 1.20 bits per heavy atom. The molecule has 142 valence electrons. The second-order valence-electron chi connectivity index (χ2n) is 7.03. The fourth-order valence-electron chi connectivity index (χ4n) is 2.70. The molecule has 1 aliphatic rings. The molecular weight excluding hydrogens is 434 g/mol. The third-order valence-corrected chi connectivity index (χ3v) is 4.45. The van der Waals surface area contributed by atoms with Gasteiger partial charge in [0, 0.05) is 52.1 Å². The zero-order valence-corrected chi connectivity index (χ0v) is 17.7. The Labute approximate surface area is 167 Å². The van der Waals surface area contributed by atoms with Gasteiger partial charge in [-0.2, -0.15) is 0 Å². The van der Waals surface area contributed by atoms with Crippen molar-refractivity contribution in [2.45, 2.75) is 20.3 Å². The first-order valence-electron chi connectivity index (χ1n) is 8.46. The zero-order chi connectivity index (χ0) is 17.6. The lowest BCUT2D eigenvalue weighted by Crippen LogP contribution is -2.51. The normalized spacial score (nSPS) is 15.9. The van der Waals surface area contributed by atoms with Gasteiger partial charge in [-0.3, -0.25) is 4.99 Å². The highest BCUT2D eigenvalue weighted by Gasteiger charge is 2.21. The summed E-state index contributed by atoms with van der Waals surface area (Å²) in [4.78, 5) is 8.94. The molecule has 0 aromatic heterocycles. The van der Waals surface area contributed by atoms with Crippen LogP contribution in [0.2, 0.25) is 0 Å². The standard InChI is InChI=1S/C18H29FN4O.HI/c1-18(2,8-13-24-3)14-21-17(20)23-11-9-22(10-12-23)16-6-4-15(19)5-7-16;/h4-7H,8-14H2,1-3H3,(H2,20,21);1H. The summed E-state index contributed by atoms with van der Waals surface area (Å²) in [7, 11) is 1.72. The maximum Gasteiger partial charge on any atom is 0.191 e. The SMILES string of the molecule is COCCC(C)(C)CN=C(N)N1CCN(c2ccc(F)cc2)CC1.I. The number of nitrogens with zero attached hydrogens (tertiary/aromatic N) is 3. The summed E-state index contributed by atoms with van der Waals surface area (Å²) in [6.45, 7) is 9.14. The Hall–Kier alpha value is -1.09. The van der Waals surface area contributed by atoms with Gasteiger partial charge in [-0.25, -0.2) is 4.39 Å². The fourth-order valence-corrected chi connectivity index (χ4v) is 2.70. The molecule has 1 aliphatic heterocycles. The van der Waals surface area contributed by atoms with Crippen molar-refractivity contribution >= 4 is 35.6 Å².